The van der Waals surface area contributed by atoms with Crippen molar-refractivity contribution < 1.29 is 4.74 Å². The van der Waals surface area contributed by atoms with Crippen LogP contribution in [0.1, 0.15) is 19.5 Å². The normalized spacial score (nSPS) is 16.0. The summed E-state index contributed by atoms with van der Waals surface area (Å²) in [5.74, 6) is 1.12. The van der Waals surface area contributed by atoms with Crippen LogP contribution in [0.15, 0.2) is 96.0 Å². The number of hydrogen-bond donors (Lipinski definition) is 0. The Labute approximate surface area is 184 Å². The van der Waals surface area contributed by atoms with Crippen LogP contribution in [-0.4, -0.2) is 23.5 Å². The molecule has 0 saturated carbocycles. The molecule has 1 atom stereocenters. The zero-order chi connectivity index (χ0) is 21.2. The Morgan fingerprint density at radius 3 is 2.10 bits per heavy atom. The Morgan fingerprint density at radius 2 is 1.48 bits per heavy atom. The number of aromatic nitrogens is 1. The van der Waals surface area contributed by atoms with Crippen molar-refractivity contribution in [2.45, 2.75) is 19.9 Å². The van der Waals surface area contributed by atoms with Gasteiger partial charge in [-0.2, -0.15) is 0 Å². The number of benzene rings is 3. The third-order valence-electron chi connectivity index (χ3n) is 5.63. The molecule has 0 spiro atoms. The van der Waals surface area contributed by atoms with Gasteiger partial charge in [-0.25, -0.2) is 9.98 Å². The molecular formula is C27H25N2OP. The van der Waals surface area contributed by atoms with Crippen molar-refractivity contribution in [1.29, 1.82) is 0 Å². The third kappa shape index (κ3) is 3.98. The SMILES string of the molecule is CC(C)C1COC(c2ccc3cccc(P(c4ccccc4)c4ccccc4)c3n2)=N1. The Kier molecular flexibility index (Phi) is 5.53. The molecule has 1 aliphatic rings. The van der Waals surface area contributed by atoms with Gasteiger partial charge in [0, 0.05) is 10.7 Å². The van der Waals surface area contributed by atoms with Crippen LogP contribution in [0.2, 0.25) is 0 Å². The van der Waals surface area contributed by atoms with Gasteiger partial charge in [-0.05, 0) is 30.5 Å². The predicted molar refractivity (Wildman–Crippen MR) is 132 cm³/mol. The molecule has 5 rings (SSSR count). The molecule has 0 N–H and O–H groups in total. The summed E-state index contributed by atoms with van der Waals surface area (Å²) in [6, 6.07) is 32.4. The molecule has 4 aromatic rings. The van der Waals surface area contributed by atoms with Gasteiger partial charge >= 0.3 is 0 Å². The van der Waals surface area contributed by atoms with E-state index in [1.165, 1.54) is 15.9 Å². The lowest BCUT2D eigenvalue weighted by atomic mass is 10.1. The Bertz CT molecular complexity index is 1180. The van der Waals surface area contributed by atoms with Gasteiger partial charge in [0.2, 0.25) is 5.90 Å². The fourth-order valence-electron chi connectivity index (χ4n) is 3.88. The molecule has 3 aromatic carbocycles. The van der Waals surface area contributed by atoms with E-state index < -0.39 is 7.92 Å². The largest absolute Gasteiger partial charge is 0.474 e. The maximum absolute atomic E-state index is 5.92. The van der Waals surface area contributed by atoms with Crippen LogP contribution in [0.3, 0.4) is 0 Å². The molecule has 1 aliphatic heterocycles. The molecule has 31 heavy (non-hydrogen) atoms. The summed E-state index contributed by atoms with van der Waals surface area (Å²) in [6.07, 6.45) is 0. The lowest BCUT2D eigenvalue weighted by Crippen LogP contribution is -2.22. The Morgan fingerprint density at radius 1 is 0.806 bits per heavy atom. The summed E-state index contributed by atoms with van der Waals surface area (Å²) in [4.78, 5) is 9.88. The Hall–Kier alpha value is -3.03. The van der Waals surface area contributed by atoms with E-state index in [0.717, 1.165) is 16.6 Å². The average molecular weight is 424 g/mol. The van der Waals surface area contributed by atoms with Crippen molar-refractivity contribution in [3.63, 3.8) is 0 Å². The number of aliphatic imine (C=N–C) groups is 1. The molecule has 154 valence electrons. The van der Waals surface area contributed by atoms with Crippen LogP contribution < -0.4 is 15.9 Å². The van der Waals surface area contributed by atoms with Gasteiger partial charge in [-0.15, -0.1) is 0 Å². The van der Waals surface area contributed by atoms with Gasteiger partial charge in [0.15, 0.2) is 0 Å². The highest BCUT2D eigenvalue weighted by Gasteiger charge is 2.25. The van der Waals surface area contributed by atoms with Gasteiger partial charge in [0.25, 0.3) is 0 Å². The van der Waals surface area contributed by atoms with E-state index in [1.807, 2.05) is 6.07 Å². The molecule has 1 aromatic heterocycles. The minimum atomic E-state index is -0.733. The van der Waals surface area contributed by atoms with E-state index in [9.17, 15) is 0 Å². The quantitative estimate of drug-likeness (QED) is 0.432. The predicted octanol–water partition coefficient (Wildman–Crippen LogP) is 4.79. The van der Waals surface area contributed by atoms with Crippen molar-refractivity contribution in [3.05, 3.63) is 96.7 Å². The zero-order valence-corrected chi connectivity index (χ0v) is 18.7. The lowest BCUT2D eigenvalue weighted by Gasteiger charge is -2.20. The van der Waals surface area contributed by atoms with Crippen molar-refractivity contribution in [3.8, 4) is 0 Å². The third-order valence-corrected chi connectivity index (χ3v) is 8.10. The van der Waals surface area contributed by atoms with Gasteiger partial charge in [0.05, 0.1) is 11.6 Å². The second-order valence-corrected chi connectivity index (χ2v) is 10.3. The highest BCUT2D eigenvalue weighted by molar-refractivity contribution is 7.80. The molecule has 2 heterocycles. The second-order valence-electron chi connectivity index (χ2n) is 8.11. The standard InChI is InChI=1S/C27H25N2OP/c1-19(2)24-18-30-27(29-24)23-17-16-20-10-9-15-25(26(20)28-23)31(21-11-5-3-6-12-21)22-13-7-4-8-14-22/h3-17,19,24H,18H2,1-2H3. The van der Waals surface area contributed by atoms with Crippen LogP contribution in [0.4, 0.5) is 0 Å². The second kappa shape index (κ2) is 8.61. The summed E-state index contributed by atoms with van der Waals surface area (Å²) in [6.45, 7) is 4.99. The first-order valence-corrected chi connectivity index (χ1v) is 12.1. The van der Waals surface area contributed by atoms with Crippen molar-refractivity contribution in [2.75, 3.05) is 6.61 Å². The van der Waals surface area contributed by atoms with Gasteiger partial charge in [-0.3, -0.25) is 0 Å². The summed E-state index contributed by atoms with van der Waals surface area (Å²) in [5, 5.41) is 5.03. The molecule has 3 nitrogen and oxygen atoms in total. The summed E-state index contributed by atoms with van der Waals surface area (Å²) < 4.78 is 5.92. The first-order valence-electron chi connectivity index (χ1n) is 10.7. The van der Waals surface area contributed by atoms with Gasteiger partial charge in [0.1, 0.15) is 12.3 Å². The molecular weight excluding hydrogens is 399 g/mol. The fourth-order valence-corrected chi connectivity index (χ4v) is 6.30. The minimum Gasteiger partial charge on any atom is -0.474 e. The van der Waals surface area contributed by atoms with Gasteiger partial charge < -0.3 is 4.74 Å². The zero-order valence-electron chi connectivity index (χ0n) is 17.8. The number of rotatable bonds is 5. The minimum absolute atomic E-state index is 0.202. The summed E-state index contributed by atoms with van der Waals surface area (Å²) in [5.41, 5.74) is 1.84. The van der Waals surface area contributed by atoms with E-state index in [1.54, 1.807) is 0 Å². The van der Waals surface area contributed by atoms with E-state index in [-0.39, 0.29) is 6.04 Å². The Balaban J connectivity index is 1.67. The smallest absolute Gasteiger partial charge is 0.235 e. The fraction of sp³-hybridized carbons (Fsp3) is 0.185. The topological polar surface area (TPSA) is 34.5 Å². The number of nitrogens with zero attached hydrogens (tertiary/aromatic N) is 2. The molecule has 0 saturated heterocycles. The number of hydrogen-bond acceptors (Lipinski definition) is 3. The van der Waals surface area contributed by atoms with Crippen molar-refractivity contribution in [1.82, 2.24) is 4.98 Å². The van der Waals surface area contributed by atoms with Crippen LogP contribution in [-0.2, 0) is 4.74 Å². The monoisotopic (exact) mass is 424 g/mol. The maximum Gasteiger partial charge on any atom is 0.235 e. The van der Waals surface area contributed by atoms with Gasteiger partial charge in [-0.1, -0.05) is 98.8 Å². The first-order chi connectivity index (χ1) is 15.2. The summed E-state index contributed by atoms with van der Waals surface area (Å²) >= 11 is 0. The highest BCUT2D eigenvalue weighted by atomic mass is 31.1. The van der Waals surface area contributed by atoms with E-state index in [2.05, 4.69) is 98.8 Å². The molecule has 0 radical (unpaired) electrons. The van der Waals surface area contributed by atoms with Crippen molar-refractivity contribution >= 4 is 40.6 Å². The maximum atomic E-state index is 5.92. The average Bonchev–Trinajstić information content (AvgIpc) is 3.31. The highest BCUT2D eigenvalue weighted by Crippen LogP contribution is 2.35. The number of fused-ring (bicyclic) bond motifs is 1. The van der Waals surface area contributed by atoms with E-state index >= 15 is 0 Å². The molecule has 0 amide bonds. The van der Waals surface area contributed by atoms with Crippen LogP contribution >= 0.6 is 7.92 Å². The van der Waals surface area contributed by atoms with Crippen LogP contribution in [0, 0.1) is 5.92 Å². The van der Waals surface area contributed by atoms with E-state index in [0.29, 0.717) is 18.4 Å². The number of para-hydroxylation sites is 1. The number of pyridine rings is 1. The van der Waals surface area contributed by atoms with Crippen LogP contribution in [0.5, 0.6) is 0 Å². The lowest BCUT2D eigenvalue weighted by molar-refractivity contribution is 0.291. The van der Waals surface area contributed by atoms with Crippen molar-refractivity contribution in [2.24, 2.45) is 10.9 Å². The van der Waals surface area contributed by atoms with Crippen LogP contribution in [0.25, 0.3) is 10.9 Å². The molecule has 0 fully saturated rings. The summed E-state index contributed by atoms with van der Waals surface area (Å²) in [7, 11) is -0.733. The molecule has 4 heteroatoms. The molecule has 0 bridgehead atoms. The molecule has 0 aliphatic carbocycles. The first kappa shape index (κ1) is 19.9. The molecule has 1 unspecified atom stereocenters. The number of ether oxygens (including phenoxy) is 1. The van der Waals surface area contributed by atoms with E-state index in [4.69, 9.17) is 14.7 Å².